The summed E-state index contributed by atoms with van der Waals surface area (Å²) < 4.78 is 5.11. The first kappa shape index (κ1) is 20.6. The summed E-state index contributed by atoms with van der Waals surface area (Å²) in [6, 6.07) is 12.7. The first-order valence-corrected chi connectivity index (χ1v) is 9.72. The number of nitrogens with zero attached hydrogens (tertiary/aromatic N) is 4. The molecule has 2 aromatic rings. The highest BCUT2D eigenvalue weighted by atomic mass is 16.5. The van der Waals surface area contributed by atoms with E-state index in [1.807, 2.05) is 24.3 Å². The quantitative estimate of drug-likeness (QED) is 0.421. The monoisotopic (exact) mass is 397 g/mol. The molecule has 29 heavy (non-hydrogen) atoms. The second-order valence-corrected chi connectivity index (χ2v) is 6.72. The maximum atomic E-state index is 11.3. The molecule has 154 valence electrons. The summed E-state index contributed by atoms with van der Waals surface area (Å²) in [6.07, 6.45) is 2.63. The predicted octanol–water partition coefficient (Wildman–Crippen LogP) is 2.41. The largest absolute Gasteiger partial charge is 0.478 e. The van der Waals surface area contributed by atoms with E-state index in [-0.39, 0.29) is 5.56 Å². The number of methoxy groups -OCH3 is 1. The minimum absolute atomic E-state index is 0.244. The number of anilines is 2. The molecule has 8 nitrogen and oxygen atoms in total. The van der Waals surface area contributed by atoms with Crippen LogP contribution in [0.1, 0.15) is 16.8 Å². The number of piperazine rings is 1. The van der Waals surface area contributed by atoms with Crippen molar-refractivity contribution >= 4 is 23.4 Å². The number of carbonyl (C=O) groups is 1. The molecule has 0 spiro atoms. The highest BCUT2D eigenvalue weighted by molar-refractivity contribution is 5.96. The summed E-state index contributed by atoms with van der Waals surface area (Å²) >= 11 is 0. The molecule has 1 aromatic carbocycles. The fourth-order valence-corrected chi connectivity index (χ4v) is 3.16. The molecule has 1 fully saturated rings. The van der Waals surface area contributed by atoms with Gasteiger partial charge in [-0.1, -0.05) is 12.1 Å². The van der Waals surface area contributed by atoms with Gasteiger partial charge in [0.1, 0.15) is 5.82 Å². The van der Waals surface area contributed by atoms with Crippen LogP contribution in [0, 0.1) is 0 Å². The SMILES string of the molecule is COCCCN=C(Nc1cccc(C(=O)O)c1)N1CCN(c2ccccn2)CC1. The molecule has 0 saturated carbocycles. The van der Waals surface area contributed by atoms with Crippen molar-refractivity contribution in [1.82, 2.24) is 9.88 Å². The van der Waals surface area contributed by atoms with Gasteiger partial charge in [-0.15, -0.1) is 0 Å². The number of carboxylic acid groups (broad SMARTS) is 1. The molecule has 0 amide bonds. The molecule has 1 aromatic heterocycles. The Labute approximate surface area is 170 Å². The molecule has 1 aliphatic heterocycles. The summed E-state index contributed by atoms with van der Waals surface area (Å²) in [7, 11) is 1.68. The Hall–Kier alpha value is -3.13. The number of aromatic nitrogens is 1. The molecule has 1 saturated heterocycles. The third kappa shape index (κ3) is 5.92. The van der Waals surface area contributed by atoms with Gasteiger partial charge in [-0.2, -0.15) is 0 Å². The highest BCUT2D eigenvalue weighted by Crippen LogP contribution is 2.15. The topological polar surface area (TPSA) is 90.3 Å². The molecule has 0 radical (unpaired) electrons. The van der Waals surface area contributed by atoms with Gasteiger partial charge in [0, 0.05) is 58.3 Å². The normalized spacial score (nSPS) is 14.7. The maximum absolute atomic E-state index is 11.3. The number of aliphatic imine (C=N–C) groups is 1. The standard InChI is InChI=1S/C21H27N5O3/c1-29-15-5-10-23-21(24-18-7-4-6-17(16-18)20(27)28)26-13-11-25(12-14-26)19-8-2-3-9-22-19/h2-4,6-9,16H,5,10-15H2,1H3,(H,23,24)(H,27,28). The Balaban J connectivity index is 1.69. The number of hydrogen-bond acceptors (Lipinski definition) is 5. The predicted molar refractivity (Wildman–Crippen MR) is 114 cm³/mol. The molecule has 0 bridgehead atoms. The van der Waals surface area contributed by atoms with Gasteiger partial charge in [0.05, 0.1) is 5.56 Å². The van der Waals surface area contributed by atoms with Crippen molar-refractivity contribution in [2.24, 2.45) is 4.99 Å². The third-order valence-electron chi connectivity index (χ3n) is 4.69. The average molecular weight is 397 g/mol. The van der Waals surface area contributed by atoms with Crippen LogP contribution in [0.15, 0.2) is 53.7 Å². The number of hydrogen-bond donors (Lipinski definition) is 2. The number of benzene rings is 1. The average Bonchev–Trinajstić information content (AvgIpc) is 2.77. The minimum Gasteiger partial charge on any atom is -0.478 e. The van der Waals surface area contributed by atoms with E-state index in [0.29, 0.717) is 18.8 Å². The zero-order valence-corrected chi connectivity index (χ0v) is 16.6. The van der Waals surface area contributed by atoms with Crippen LogP contribution in [-0.4, -0.2) is 73.4 Å². The van der Waals surface area contributed by atoms with Gasteiger partial charge in [0.15, 0.2) is 5.96 Å². The lowest BCUT2D eigenvalue weighted by molar-refractivity contribution is 0.0697. The fourth-order valence-electron chi connectivity index (χ4n) is 3.16. The van der Waals surface area contributed by atoms with Crippen molar-refractivity contribution in [2.45, 2.75) is 6.42 Å². The van der Waals surface area contributed by atoms with E-state index in [0.717, 1.165) is 44.4 Å². The summed E-state index contributed by atoms with van der Waals surface area (Å²) in [5.74, 6) is 0.786. The van der Waals surface area contributed by atoms with Crippen molar-refractivity contribution in [3.8, 4) is 0 Å². The number of rotatable bonds is 7. The van der Waals surface area contributed by atoms with Crippen molar-refractivity contribution in [1.29, 1.82) is 0 Å². The number of nitrogens with one attached hydrogen (secondary N) is 1. The summed E-state index contributed by atoms with van der Waals surface area (Å²) in [4.78, 5) is 24.9. The fraction of sp³-hybridized carbons (Fsp3) is 0.381. The van der Waals surface area contributed by atoms with Crippen LogP contribution in [0.25, 0.3) is 0 Å². The molecule has 1 aliphatic rings. The van der Waals surface area contributed by atoms with Crippen LogP contribution in [0.5, 0.6) is 0 Å². The lowest BCUT2D eigenvalue weighted by Gasteiger charge is -2.37. The van der Waals surface area contributed by atoms with Gasteiger partial charge in [0.2, 0.25) is 0 Å². The van der Waals surface area contributed by atoms with Crippen LogP contribution in [0.2, 0.25) is 0 Å². The van der Waals surface area contributed by atoms with Crippen LogP contribution >= 0.6 is 0 Å². The summed E-state index contributed by atoms with van der Waals surface area (Å²) in [5, 5.41) is 12.5. The number of guanidine groups is 1. The zero-order valence-electron chi connectivity index (χ0n) is 16.6. The number of aromatic carboxylic acids is 1. The molecule has 2 heterocycles. The van der Waals surface area contributed by atoms with Crippen molar-refractivity contribution in [3.63, 3.8) is 0 Å². The van der Waals surface area contributed by atoms with Gasteiger partial charge < -0.3 is 25.0 Å². The van der Waals surface area contributed by atoms with Gasteiger partial charge in [-0.25, -0.2) is 9.78 Å². The third-order valence-corrected chi connectivity index (χ3v) is 4.69. The minimum atomic E-state index is -0.948. The Kier molecular flexibility index (Phi) is 7.40. The smallest absolute Gasteiger partial charge is 0.335 e. The molecule has 0 atom stereocenters. The van der Waals surface area contributed by atoms with E-state index in [1.54, 1.807) is 31.5 Å². The van der Waals surface area contributed by atoms with Crippen molar-refractivity contribution in [3.05, 3.63) is 54.2 Å². The van der Waals surface area contributed by atoms with E-state index >= 15 is 0 Å². The molecule has 8 heteroatoms. The Morgan fingerprint density at radius 1 is 1.21 bits per heavy atom. The molecule has 0 aliphatic carbocycles. The summed E-state index contributed by atoms with van der Waals surface area (Å²) in [6.45, 7) is 4.56. The van der Waals surface area contributed by atoms with Crippen LogP contribution in [0.3, 0.4) is 0 Å². The van der Waals surface area contributed by atoms with Crippen molar-refractivity contribution < 1.29 is 14.6 Å². The molecule has 2 N–H and O–H groups in total. The Morgan fingerprint density at radius 2 is 2.03 bits per heavy atom. The van der Waals surface area contributed by atoms with Crippen LogP contribution in [-0.2, 0) is 4.74 Å². The van der Waals surface area contributed by atoms with E-state index in [4.69, 9.17) is 9.73 Å². The maximum Gasteiger partial charge on any atom is 0.335 e. The number of ether oxygens (including phenoxy) is 1. The van der Waals surface area contributed by atoms with Gasteiger partial charge >= 0.3 is 5.97 Å². The lowest BCUT2D eigenvalue weighted by Crippen LogP contribution is -2.51. The molecular formula is C21H27N5O3. The van der Waals surface area contributed by atoms with Gasteiger partial charge in [-0.3, -0.25) is 4.99 Å². The molecule has 0 unspecified atom stereocenters. The first-order valence-electron chi connectivity index (χ1n) is 9.72. The van der Waals surface area contributed by atoms with Crippen molar-refractivity contribution in [2.75, 3.05) is 56.7 Å². The molecule has 3 rings (SSSR count). The van der Waals surface area contributed by atoms with Crippen LogP contribution in [0.4, 0.5) is 11.5 Å². The lowest BCUT2D eigenvalue weighted by atomic mass is 10.2. The highest BCUT2D eigenvalue weighted by Gasteiger charge is 2.21. The van der Waals surface area contributed by atoms with Crippen LogP contribution < -0.4 is 10.2 Å². The Morgan fingerprint density at radius 3 is 2.72 bits per heavy atom. The number of carboxylic acids is 1. The van der Waals surface area contributed by atoms with Gasteiger partial charge in [0.25, 0.3) is 0 Å². The number of pyridine rings is 1. The summed E-state index contributed by atoms with van der Waals surface area (Å²) in [5.41, 5.74) is 0.955. The second-order valence-electron chi connectivity index (χ2n) is 6.72. The second kappa shape index (κ2) is 10.4. The van der Waals surface area contributed by atoms with E-state index < -0.39 is 5.97 Å². The molecular weight excluding hydrogens is 370 g/mol. The van der Waals surface area contributed by atoms with E-state index in [2.05, 4.69) is 20.1 Å². The van der Waals surface area contributed by atoms with E-state index in [1.165, 1.54) is 0 Å². The first-order chi connectivity index (χ1) is 14.2. The Bertz CT molecular complexity index is 820. The zero-order chi connectivity index (χ0) is 20.5. The van der Waals surface area contributed by atoms with Gasteiger partial charge in [-0.05, 0) is 36.8 Å². The van der Waals surface area contributed by atoms with E-state index in [9.17, 15) is 9.90 Å².